The first-order chi connectivity index (χ1) is 7.10. The maximum absolute atomic E-state index is 10.8. The van der Waals surface area contributed by atoms with E-state index in [9.17, 15) is 4.79 Å². The summed E-state index contributed by atoms with van der Waals surface area (Å²) in [6.07, 6.45) is 3.42. The summed E-state index contributed by atoms with van der Waals surface area (Å²) in [6.45, 7) is 4.94. The van der Waals surface area contributed by atoms with Gasteiger partial charge in [0.25, 0.3) is 0 Å². The normalized spacial score (nSPS) is 14.3. The highest BCUT2D eigenvalue weighted by molar-refractivity contribution is 5.81. The Balaban J connectivity index is 3.42. The van der Waals surface area contributed by atoms with Crippen LogP contribution in [0.15, 0.2) is 12.7 Å². The van der Waals surface area contributed by atoms with Crippen LogP contribution in [0.3, 0.4) is 0 Å². The third kappa shape index (κ3) is 8.15. The molecule has 4 heteroatoms. The fraction of sp³-hybridized carbons (Fsp3) is 0.727. The topological polar surface area (TPSA) is 66.8 Å². The molecule has 2 atom stereocenters. The Labute approximate surface area is 90.6 Å². The molecule has 4 nitrogen and oxygen atoms in total. The molecule has 0 aromatic heterocycles. The largest absolute Gasteiger partial charge is 0.460 e. The lowest BCUT2D eigenvalue weighted by atomic mass is 10.1. The Morgan fingerprint density at radius 1 is 1.47 bits per heavy atom. The first-order valence-corrected chi connectivity index (χ1v) is 5.22. The van der Waals surface area contributed by atoms with Gasteiger partial charge in [0.15, 0.2) is 0 Å². The molecule has 0 aromatic rings. The van der Waals surface area contributed by atoms with E-state index in [2.05, 4.69) is 6.58 Å². The summed E-state index contributed by atoms with van der Waals surface area (Å²) in [7, 11) is 0. The van der Waals surface area contributed by atoms with E-state index >= 15 is 0 Å². The molecule has 15 heavy (non-hydrogen) atoms. The van der Waals surface area contributed by atoms with Crippen molar-refractivity contribution in [2.24, 2.45) is 0 Å². The molecular weight excluding hydrogens is 196 g/mol. The Kier molecular flexibility index (Phi) is 7.95. The minimum atomic E-state index is -0.629. The van der Waals surface area contributed by atoms with Gasteiger partial charge in [-0.25, -0.2) is 4.79 Å². The van der Waals surface area contributed by atoms with Crippen molar-refractivity contribution in [2.45, 2.75) is 44.8 Å². The fourth-order valence-corrected chi connectivity index (χ4v) is 1.21. The second-order valence-corrected chi connectivity index (χ2v) is 3.57. The lowest BCUT2D eigenvalue weighted by Crippen LogP contribution is -2.14. The molecule has 0 radical (unpaired) electrons. The first kappa shape index (κ1) is 14.1. The lowest BCUT2D eigenvalue weighted by Gasteiger charge is -2.12. The van der Waals surface area contributed by atoms with Gasteiger partial charge < -0.3 is 14.9 Å². The van der Waals surface area contributed by atoms with Crippen molar-refractivity contribution >= 4 is 5.97 Å². The molecule has 0 saturated carbocycles. The van der Waals surface area contributed by atoms with Crippen molar-refractivity contribution in [3.05, 3.63) is 12.7 Å². The molecule has 0 fully saturated rings. The molecule has 0 rings (SSSR count). The maximum Gasteiger partial charge on any atom is 0.330 e. The molecule has 2 unspecified atom stereocenters. The predicted molar refractivity (Wildman–Crippen MR) is 57.3 cm³/mol. The van der Waals surface area contributed by atoms with Crippen LogP contribution in [0.2, 0.25) is 0 Å². The average Bonchev–Trinajstić information content (AvgIpc) is 2.23. The monoisotopic (exact) mass is 216 g/mol. The second kappa shape index (κ2) is 8.44. The summed E-state index contributed by atoms with van der Waals surface area (Å²) >= 11 is 0. The molecule has 0 spiro atoms. The van der Waals surface area contributed by atoms with Crippen LogP contribution >= 0.6 is 0 Å². The molecule has 88 valence electrons. The van der Waals surface area contributed by atoms with Crippen molar-refractivity contribution in [1.29, 1.82) is 0 Å². The molecule has 0 aliphatic heterocycles. The summed E-state index contributed by atoms with van der Waals surface area (Å²) in [5.41, 5.74) is 0. The third-order valence-corrected chi connectivity index (χ3v) is 2.09. The van der Waals surface area contributed by atoms with Crippen LogP contribution in [0, 0.1) is 0 Å². The first-order valence-electron chi connectivity index (χ1n) is 5.22. The average molecular weight is 216 g/mol. The second-order valence-electron chi connectivity index (χ2n) is 3.57. The number of rotatable bonds is 8. The number of unbranched alkanes of at least 4 members (excludes halogenated alkanes) is 1. The van der Waals surface area contributed by atoms with E-state index in [1.807, 2.05) is 6.92 Å². The number of aliphatic hydroxyl groups excluding tert-OH is 2. The molecule has 0 aromatic carbocycles. The minimum Gasteiger partial charge on any atom is -0.460 e. The van der Waals surface area contributed by atoms with E-state index in [4.69, 9.17) is 14.9 Å². The van der Waals surface area contributed by atoms with Crippen molar-refractivity contribution in [3.63, 3.8) is 0 Å². The van der Waals surface area contributed by atoms with Crippen molar-refractivity contribution in [3.8, 4) is 0 Å². The maximum atomic E-state index is 10.8. The van der Waals surface area contributed by atoms with Crippen LogP contribution < -0.4 is 0 Å². The van der Waals surface area contributed by atoms with Crippen LogP contribution in [0.5, 0.6) is 0 Å². The van der Waals surface area contributed by atoms with Gasteiger partial charge in [-0.05, 0) is 26.2 Å². The van der Waals surface area contributed by atoms with Gasteiger partial charge in [0.2, 0.25) is 0 Å². The van der Waals surface area contributed by atoms with Crippen molar-refractivity contribution in [2.75, 3.05) is 6.61 Å². The number of esters is 1. The van der Waals surface area contributed by atoms with Gasteiger partial charge in [-0.3, -0.25) is 0 Å². The SMILES string of the molecule is C=CC(=O)OC(C)CCCCC(O)CO. The standard InChI is InChI=1S/C11H20O4/c1-3-11(14)15-9(2)6-4-5-7-10(13)8-12/h3,9-10,12-13H,1,4-8H2,2H3. The van der Waals surface area contributed by atoms with Crippen LogP contribution in [-0.4, -0.2) is 35.0 Å². The number of aliphatic hydroxyl groups is 2. The summed E-state index contributed by atoms with van der Waals surface area (Å²) in [6, 6.07) is 0. The number of hydrogen-bond acceptors (Lipinski definition) is 4. The summed E-state index contributed by atoms with van der Waals surface area (Å²) in [5, 5.41) is 17.6. The Bertz CT molecular complexity index is 191. The zero-order valence-corrected chi connectivity index (χ0v) is 9.19. The van der Waals surface area contributed by atoms with Gasteiger partial charge in [-0.15, -0.1) is 0 Å². The highest BCUT2D eigenvalue weighted by Gasteiger charge is 2.07. The Morgan fingerprint density at radius 3 is 2.60 bits per heavy atom. The number of hydrogen-bond donors (Lipinski definition) is 2. The van der Waals surface area contributed by atoms with Crippen LogP contribution in [0.4, 0.5) is 0 Å². The smallest absolute Gasteiger partial charge is 0.330 e. The van der Waals surface area contributed by atoms with Crippen molar-refractivity contribution < 1.29 is 19.7 Å². The molecule has 0 aliphatic carbocycles. The third-order valence-electron chi connectivity index (χ3n) is 2.09. The van der Waals surface area contributed by atoms with E-state index in [1.54, 1.807) is 0 Å². The van der Waals surface area contributed by atoms with Gasteiger partial charge in [0.1, 0.15) is 0 Å². The molecule has 0 saturated heterocycles. The fourth-order valence-electron chi connectivity index (χ4n) is 1.21. The van der Waals surface area contributed by atoms with E-state index in [0.29, 0.717) is 6.42 Å². The van der Waals surface area contributed by atoms with E-state index in [-0.39, 0.29) is 12.7 Å². The molecule has 2 N–H and O–H groups in total. The molecular formula is C11H20O4. The van der Waals surface area contributed by atoms with E-state index in [0.717, 1.165) is 25.3 Å². The van der Waals surface area contributed by atoms with Crippen molar-refractivity contribution in [1.82, 2.24) is 0 Å². The van der Waals surface area contributed by atoms with Crippen LogP contribution in [-0.2, 0) is 9.53 Å². The molecule has 0 bridgehead atoms. The number of carbonyl (C=O) groups is 1. The molecule has 0 aliphatic rings. The van der Waals surface area contributed by atoms with Crippen LogP contribution in [0.1, 0.15) is 32.6 Å². The van der Waals surface area contributed by atoms with Gasteiger partial charge in [-0.1, -0.05) is 13.0 Å². The minimum absolute atomic E-state index is 0.123. The van der Waals surface area contributed by atoms with Gasteiger partial charge >= 0.3 is 5.97 Å². The zero-order chi connectivity index (χ0) is 11.7. The highest BCUT2D eigenvalue weighted by atomic mass is 16.5. The van der Waals surface area contributed by atoms with Gasteiger partial charge in [0.05, 0.1) is 18.8 Å². The lowest BCUT2D eigenvalue weighted by molar-refractivity contribution is -0.142. The van der Waals surface area contributed by atoms with Gasteiger partial charge in [-0.2, -0.15) is 0 Å². The summed E-state index contributed by atoms with van der Waals surface area (Å²) in [4.78, 5) is 10.8. The molecule has 0 heterocycles. The summed E-state index contributed by atoms with van der Waals surface area (Å²) < 4.78 is 4.96. The van der Waals surface area contributed by atoms with E-state index in [1.165, 1.54) is 0 Å². The van der Waals surface area contributed by atoms with Gasteiger partial charge in [0, 0.05) is 6.08 Å². The zero-order valence-electron chi connectivity index (χ0n) is 9.19. The Hall–Kier alpha value is -0.870. The molecule has 0 amide bonds. The Morgan fingerprint density at radius 2 is 2.07 bits per heavy atom. The van der Waals surface area contributed by atoms with E-state index < -0.39 is 12.1 Å². The van der Waals surface area contributed by atoms with Crippen LogP contribution in [0.25, 0.3) is 0 Å². The number of carbonyl (C=O) groups excluding carboxylic acids is 1. The highest BCUT2D eigenvalue weighted by Crippen LogP contribution is 2.08. The number of ether oxygens (including phenoxy) is 1. The summed E-state index contributed by atoms with van der Waals surface area (Å²) in [5.74, 6) is -0.405. The predicted octanol–water partition coefficient (Wildman–Crippen LogP) is 1.02. The quantitative estimate of drug-likeness (QED) is 0.361.